The van der Waals surface area contributed by atoms with Crippen molar-refractivity contribution in [3.8, 4) is 5.88 Å². The van der Waals surface area contributed by atoms with Gasteiger partial charge in [-0.05, 0) is 6.92 Å². The average Bonchev–Trinajstić information content (AvgIpc) is 2.18. The summed E-state index contributed by atoms with van der Waals surface area (Å²) in [5.41, 5.74) is 0. The Kier molecular flexibility index (Phi) is 3.76. The highest BCUT2D eigenvalue weighted by molar-refractivity contribution is 6.18. The summed E-state index contributed by atoms with van der Waals surface area (Å²) < 4.78 is 4.95. The van der Waals surface area contributed by atoms with Gasteiger partial charge in [0.2, 0.25) is 5.88 Å². The first-order chi connectivity index (χ1) is 6.26. The van der Waals surface area contributed by atoms with Gasteiger partial charge in [0, 0.05) is 18.0 Å². The molecule has 0 amide bonds. The van der Waals surface area contributed by atoms with Gasteiger partial charge in [-0.25, -0.2) is 9.97 Å². The summed E-state index contributed by atoms with van der Waals surface area (Å²) in [6, 6.07) is 1.91. The fourth-order valence-electron chi connectivity index (χ4n) is 0.821. The Bertz CT molecular complexity index is 269. The van der Waals surface area contributed by atoms with Crippen molar-refractivity contribution in [2.75, 3.05) is 18.3 Å². The van der Waals surface area contributed by atoms with Crippen LogP contribution >= 0.6 is 11.6 Å². The molecule has 1 heterocycles. The van der Waals surface area contributed by atoms with Gasteiger partial charge in [-0.2, -0.15) is 0 Å². The zero-order valence-corrected chi connectivity index (χ0v) is 8.38. The average molecular weight is 202 g/mol. The van der Waals surface area contributed by atoms with Crippen LogP contribution in [0.4, 0.5) is 5.82 Å². The molecule has 0 saturated heterocycles. The van der Waals surface area contributed by atoms with Gasteiger partial charge in [0.1, 0.15) is 12.1 Å². The lowest BCUT2D eigenvalue weighted by Crippen LogP contribution is -2.17. The Labute approximate surface area is 82.3 Å². The van der Waals surface area contributed by atoms with E-state index in [-0.39, 0.29) is 6.04 Å². The highest BCUT2D eigenvalue weighted by atomic mass is 35.5. The van der Waals surface area contributed by atoms with Gasteiger partial charge in [-0.3, -0.25) is 0 Å². The fraction of sp³-hybridized carbons (Fsp3) is 0.500. The summed E-state index contributed by atoms with van der Waals surface area (Å²) in [5.74, 6) is 1.80. The largest absolute Gasteiger partial charge is 0.481 e. The first-order valence-electron chi connectivity index (χ1n) is 3.94. The fourth-order valence-corrected chi connectivity index (χ4v) is 0.898. The third kappa shape index (κ3) is 3.06. The van der Waals surface area contributed by atoms with Crippen LogP contribution in [0.15, 0.2) is 12.4 Å². The van der Waals surface area contributed by atoms with Gasteiger partial charge >= 0.3 is 0 Å². The normalized spacial score (nSPS) is 12.2. The summed E-state index contributed by atoms with van der Waals surface area (Å²) in [6.07, 6.45) is 1.45. The number of hydrogen-bond donors (Lipinski definition) is 1. The number of halogens is 1. The summed E-state index contributed by atoms with van der Waals surface area (Å²) >= 11 is 5.64. The van der Waals surface area contributed by atoms with Crippen LogP contribution in [0.2, 0.25) is 0 Å². The SMILES string of the molecule is COc1cc(NC(C)CCl)ncn1. The predicted octanol–water partition coefficient (Wildman–Crippen LogP) is 1.52. The Hall–Kier alpha value is -1.03. The van der Waals surface area contributed by atoms with Crippen LogP contribution in [-0.2, 0) is 0 Å². The standard InChI is InChI=1S/C8H12ClN3O/c1-6(4-9)12-7-3-8(13-2)11-5-10-7/h3,5-6H,4H2,1-2H3,(H,10,11,12). The number of methoxy groups -OCH3 is 1. The second kappa shape index (κ2) is 4.87. The Balaban J connectivity index is 2.66. The van der Waals surface area contributed by atoms with E-state index in [4.69, 9.17) is 16.3 Å². The number of ether oxygens (including phenoxy) is 1. The molecule has 1 aromatic heterocycles. The third-order valence-corrected chi connectivity index (χ3v) is 1.94. The number of hydrogen-bond acceptors (Lipinski definition) is 4. The molecule has 1 atom stereocenters. The molecule has 0 spiro atoms. The number of alkyl halides is 1. The van der Waals surface area contributed by atoms with Crippen LogP contribution in [0, 0.1) is 0 Å². The summed E-state index contributed by atoms with van der Waals surface area (Å²) in [5, 5.41) is 3.10. The molecule has 0 fully saturated rings. The van der Waals surface area contributed by atoms with Crippen molar-refractivity contribution in [2.45, 2.75) is 13.0 Å². The van der Waals surface area contributed by atoms with Gasteiger partial charge in [0.05, 0.1) is 7.11 Å². The maximum Gasteiger partial charge on any atom is 0.218 e. The second-order valence-electron chi connectivity index (χ2n) is 2.65. The molecule has 4 nitrogen and oxygen atoms in total. The van der Waals surface area contributed by atoms with Crippen molar-refractivity contribution >= 4 is 17.4 Å². The van der Waals surface area contributed by atoms with Crippen LogP contribution in [0.3, 0.4) is 0 Å². The molecule has 0 aliphatic rings. The van der Waals surface area contributed by atoms with E-state index in [1.807, 2.05) is 6.92 Å². The number of aromatic nitrogens is 2. The van der Waals surface area contributed by atoms with E-state index in [2.05, 4.69) is 15.3 Å². The number of nitrogens with one attached hydrogen (secondary N) is 1. The molecule has 1 N–H and O–H groups in total. The minimum atomic E-state index is 0.182. The number of nitrogens with zero attached hydrogens (tertiary/aromatic N) is 2. The summed E-state index contributed by atoms with van der Waals surface area (Å²) in [4.78, 5) is 7.90. The zero-order valence-electron chi connectivity index (χ0n) is 7.62. The minimum absolute atomic E-state index is 0.182. The molecule has 0 radical (unpaired) electrons. The molecule has 0 saturated carbocycles. The van der Waals surface area contributed by atoms with Crippen molar-refractivity contribution in [3.05, 3.63) is 12.4 Å². The molecular formula is C8H12ClN3O. The molecule has 72 valence electrons. The van der Waals surface area contributed by atoms with Gasteiger partial charge < -0.3 is 10.1 Å². The van der Waals surface area contributed by atoms with Crippen molar-refractivity contribution in [2.24, 2.45) is 0 Å². The molecule has 1 aromatic rings. The van der Waals surface area contributed by atoms with Crippen LogP contribution in [0.5, 0.6) is 5.88 Å². The van der Waals surface area contributed by atoms with Gasteiger partial charge in [-0.15, -0.1) is 11.6 Å². The van der Waals surface area contributed by atoms with Crippen molar-refractivity contribution < 1.29 is 4.74 Å². The van der Waals surface area contributed by atoms with Crippen molar-refractivity contribution in [1.82, 2.24) is 9.97 Å². The van der Waals surface area contributed by atoms with E-state index in [9.17, 15) is 0 Å². The molecule has 0 aromatic carbocycles. The van der Waals surface area contributed by atoms with E-state index >= 15 is 0 Å². The van der Waals surface area contributed by atoms with Crippen LogP contribution in [0.25, 0.3) is 0 Å². The molecule has 0 aliphatic carbocycles. The summed E-state index contributed by atoms with van der Waals surface area (Å²) in [7, 11) is 1.57. The smallest absolute Gasteiger partial charge is 0.218 e. The molecule has 0 aliphatic heterocycles. The zero-order chi connectivity index (χ0) is 9.68. The monoisotopic (exact) mass is 201 g/mol. The lowest BCUT2D eigenvalue weighted by Gasteiger charge is -2.10. The van der Waals surface area contributed by atoms with Crippen LogP contribution < -0.4 is 10.1 Å². The minimum Gasteiger partial charge on any atom is -0.481 e. The van der Waals surface area contributed by atoms with E-state index in [1.165, 1.54) is 6.33 Å². The van der Waals surface area contributed by atoms with Gasteiger partial charge in [0.15, 0.2) is 0 Å². The highest BCUT2D eigenvalue weighted by Crippen LogP contribution is 2.11. The summed E-state index contributed by atoms with van der Waals surface area (Å²) in [6.45, 7) is 1.97. The molecule has 13 heavy (non-hydrogen) atoms. The van der Waals surface area contributed by atoms with E-state index in [0.717, 1.165) is 5.82 Å². The number of rotatable bonds is 4. The first-order valence-corrected chi connectivity index (χ1v) is 4.48. The quantitative estimate of drug-likeness (QED) is 0.751. The molecule has 1 unspecified atom stereocenters. The third-order valence-electron chi connectivity index (χ3n) is 1.48. The lowest BCUT2D eigenvalue weighted by molar-refractivity contribution is 0.397. The maximum atomic E-state index is 5.64. The number of anilines is 1. The Morgan fingerprint density at radius 1 is 1.62 bits per heavy atom. The van der Waals surface area contributed by atoms with E-state index < -0.39 is 0 Å². The van der Waals surface area contributed by atoms with E-state index in [0.29, 0.717) is 11.8 Å². The van der Waals surface area contributed by atoms with Crippen molar-refractivity contribution in [1.29, 1.82) is 0 Å². The molecular weight excluding hydrogens is 190 g/mol. The van der Waals surface area contributed by atoms with Crippen molar-refractivity contribution in [3.63, 3.8) is 0 Å². The molecule has 5 heteroatoms. The Morgan fingerprint density at radius 3 is 3.00 bits per heavy atom. The Morgan fingerprint density at radius 2 is 2.38 bits per heavy atom. The van der Waals surface area contributed by atoms with Gasteiger partial charge in [0.25, 0.3) is 0 Å². The van der Waals surface area contributed by atoms with Gasteiger partial charge in [-0.1, -0.05) is 0 Å². The first kappa shape index (κ1) is 10.1. The van der Waals surface area contributed by atoms with Crippen LogP contribution in [-0.4, -0.2) is 29.0 Å². The molecule has 1 rings (SSSR count). The highest BCUT2D eigenvalue weighted by Gasteiger charge is 2.02. The lowest BCUT2D eigenvalue weighted by atomic mass is 10.4. The second-order valence-corrected chi connectivity index (χ2v) is 2.95. The maximum absolute atomic E-state index is 5.64. The van der Waals surface area contributed by atoms with E-state index in [1.54, 1.807) is 13.2 Å². The van der Waals surface area contributed by atoms with Crippen LogP contribution in [0.1, 0.15) is 6.92 Å². The topological polar surface area (TPSA) is 47.0 Å². The predicted molar refractivity (Wildman–Crippen MR) is 52.4 cm³/mol. The molecule has 0 bridgehead atoms.